The minimum atomic E-state index is -3.91. The van der Waals surface area contributed by atoms with Crippen molar-refractivity contribution >= 4 is 55.8 Å². The van der Waals surface area contributed by atoms with Crippen molar-refractivity contribution in [2.75, 3.05) is 35.8 Å². The molecule has 1 aliphatic heterocycles. The van der Waals surface area contributed by atoms with Crippen LogP contribution in [0, 0.1) is 0 Å². The molecule has 12 heteroatoms. The van der Waals surface area contributed by atoms with E-state index in [0.29, 0.717) is 17.2 Å². The molecule has 170 valence electrons. The molecule has 9 nitrogen and oxygen atoms in total. The van der Waals surface area contributed by atoms with Crippen LogP contribution in [0.3, 0.4) is 0 Å². The zero-order valence-corrected chi connectivity index (χ0v) is 19.5. The van der Waals surface area contributed by atoms with Crippen LogP contribution in [0.5, 0.6) is 0 Å². The first-order chi connectivity index (χ1) is 15.9. The number of aromatic nitrogens is 4. The van der Waals surface area contributed by atoms with Crippen LogP contribution in [0.15, 0.2) is 53.6 Å². The largest absolute Gasteiger partial charge is 0.353 e. The molecule has 0 spiro atoms. The Hall–Kier alpha value is -2.92. The molecule has 5 rings (SSSR count). The Balaban J connectivity index is 1.44. The lowest BCUT2D eigenvalue weighted by molar-refractivity contribution is 0.586. The highest BCUT2D eigenvalue weighted by atomic mass is 35.5. The summed E-state index contributed by atoms with van der Waals surface area (Å²) >= 11 is 12.0. The number of fused-ring (bicyclic) bond motifs is 1. The summed E-state index contributed by atoms with van der Waals surface area (Å²) in [6.45, 7) is 3.43. The van der Waals surface area contributed by atoms with Crippen LogP contribution in [0.25, 0.3) is 22.4 Å². The second-order valence-electron chi connectivity index (χ2n) is 7.50. The second-order valence-corrected chi connectivity index (χ2v) is 9.99. The minimum absolute atomic E-state index is 0.0882. The molecule has 2 aromatic heterocycles. The Morgan fingerprint density at radius 2 is 1.76 bits per heavy atom. The van der Waals surface area contributed by atoms with Gasteiger partial charge in [0.25, 0.3) is 10.0 Å². The first-order valence-corrected chi connectivity index (χ1v) is 12.4. The maximum Gasteiger partial charge on any atom is 0.263 e. The van der Waals surface area contributed by atoms with Crippen LogP contribution in [-0.2, 0) is 10.0 Å². The van der Waals surface area contributed by atoms with Crippen molar-refractivity contribution in [2.45, 2.75) is 4.90 Å². The van der Waals surface area contributed by atoms with Gasteiger partial charge in [-0.25, -0.2) is 18.4 Å². The minimum Gasteiger partial charge on any atom is -0.353 e. The first kappa shape index (κ1) is 21.9. The maximum absolute atomic E-state index is 12.8. The van der Waals surface area contributed by atoms with Crippen molar-refractivity contribution in [3.8, 4) is 11.4 Å². The van der Waals surface area contributed by atoms with E-state index in [-0.39, 0.29) is 14.9 Å². The van der Waals surface area contributed by atoms with E-state index in [4.69, 9.17) is 28.2 Å². The predicted octanol–water partition coefficient (Wildman–Crippen LogP) is 3.54. The van der Waals surface area contributed by atoms with E-state index in [1.807, 2.05) is 0 Å². The Bertz CT molecular complexity index is 1420. The molecule has 2 aromatic carbocycles. The Morgan fingerprint density at radius 3 is 2.52 bits per heavy atom. The normalized spacial score (nSPS) is 14.5. The lowest BCUT2D eigenvalue weighted by atomic mass is 10.2. The predicted molar refractivity (Wildman–Crippen MR) is 129 cm³/mol. The summed E-state index contributed by atoms with van der Waals surface area (Å²) in [5.74, 6) is 1.35. The SMILES string of the molecule is O=S(=O)(Nc1ccc(-c2nc(N3CCNCC3)c3cn[nH]c3n2)cc1)c1cc(Cl)ccc1Cl. The van der Waals surface area contributed by atoms with Crippen LogP contribution in [0.1, 0.15) is 0 Å². The fourth-order valence-corrected chi connectivity index (χ4v) is 5.47. The van der Waals surface area contributed by atoms with Gasteiger partial charge in [0.15, 0.2) is 11.5 Å². The van der Waals surface area contributed by atoms with E-state index in [1.54, 1.807) is 30.5 Å². The molecule has 4 aromatic rings. The highest BCUT2D eigenvalue weighted by molar-refractivity contribution is 7.92. The number of benzene rings is 2. The van der Waals surface area contributed by atoms with Gasteiger partial charge in [0, 0.05) is 42.5 Å². The number of hydrogen-bond acceptors (Lipinski definition) is 7. The number of halogens is 2. The molecular weight excluding hydrogens is 485 g/mol. The van der Waals surface area contributed by atoms with Gasteiger partial charge >= 0.3 is 0 Å². The van der Waals surface area contributed by atoms with Crippen molar-refractivity contribution in [1.29, 1.82) is 0 Å². The third kappa shape index (κ3) is 4.47. The van der Waals surface area contributed by atoms with Gasteiger partial charge in [-0.05, 0) is 42.5 Å². The molecular formula is C21H19Cl2N7O2S. The highest BCUT2D eigenvalue weighted by Crippen LogP contribution is 2.29. The quantitative estimate of drug-likeness (QED) is 0.381. The molecule has 1 aliphatic rings. The zero-order chi connectivity index (χ0) is 23.0. The summed E-state index contributed by atoms with van der Waals surface area (Å²) in [5, 5.41) is 11.6. The summed E-state index contributed by atoms with van der Waals surface area (Å²) in [7, 11) is -3.91. The number of piperazine rings is 1. The summed E-state index contributed by atoms with van der Waals surface area (Å²) in [5.41, 5.74) is 1.76. The van der Waals surface area contributed by atoms with Crippen LogP contribution >= 0.6 is 23.2 Å². The van der Waals surface area contributed by atoms with Crippen LogP contribution in [0.4, 0.5) is 11.5 Å². The number of nitrogens with one attached hydrogen (secondary N) is 3. The number of H-pyrrole nitrogens is 1. The summed E-state index contributed by atoms with van der Waals surface area (Å²) < 4.78 is 28.1. The van der Waals surface area contributed by atoms with Gasteiger partial charge in [-0.15, -0.1) is 0 Å². The highest BCUT2D eigenvalue weighted by Gasteiger charge is 2.20. The lowest BCUT2D eigenvalue weighted by Gasteiger charge is -2.28. The molecule has 0 atom stereocenters. The van der Waals surface area contributed by atoms with Gasteiger partial charge in [-0.1, -0.05) is 23.2 Å². The standard InChI is InChI=1S/C21H19Cl2N7O2S/c22-14-3-6-17(23)18(11-14)33(31,32)29-15-4-1-13(2-5-15)19-26-20-16(12-25-28-20)21(27-19)30-9-7-24-8-10-30/h1-6,11-12,24,29H,7-10H2,(H,25,26,27,28). The van der Waals surface area contributed by atoms with Crippen molar-refractivity contribution in [2.24, 2.45) is 0 Å². The number of aromatic amines is 1. The van der Waals surface area contributed by atoms with E-state index in [1.165, 1.54) is 18.2 Å². The van der Waals surface area contributed by atoms with Gasteiger partial charge in [0.05, 0.1) is 16.6 Å². The number of rotatable bonds is 5. The summed E-state index contributed by atoms with van der Waals surface area (Å²) in [4.78, 5) is 11.5. The van der Waals surface area contributed by atoms with Crippen molar-refractivity contribution in [3.05, 3.63) is 58.7 Å². The van der Waals surface area contributed by atoms with E-state index >= 15 is 0 Å². The molecule has 0 radical (unpaired) electrons. The molecule has 3 N–H and O–H groups in total. The van der Waals surface area contributed by atoms with Gasteiger partial charge < -0.3 is 10.2 Å². The van der Waals surface area contributed by atoms with Gasteiger partial charge in [-0.3, -0.25) is 9.82 Å². The van der Waals surface area contributed by atoms with Crippen molar-refractivity contribution in [1.82, 2.24) is 25.5 Å². The van der Waals surface area contributed by atoms with Gasteiger partial charge in [0.2, 0.25) is 0 Å². The number of anilines is 2. The Morgan fingerprint density at radius 1 is 1.00 bits per heavy atom. The van der Waals surface area contributed by atoms with Crippen LogP contribution < -0.4 is 14.9 Å². The molecule has 0 bridgehead atoms. The zero-order valence-electron chi connectivity index (χ0n) is 17.2. The molecule has 0 amide bonds. The smallest absolute Gasteiger partial charge is 0.263 e. The molecule has 0 aliphatic carbocycles. The van der Waals surface area contributed by atoms with Gasteiger partial charge in [-0.2, -0.15) is 5.10 Å². The monoisotopic (exact) mass is 503 g/mol. The Kier molecular flexibility index (Phi) is 5.83. The fourth-order valence-electron chi connectivity index (χ4n) is 3.65. The van der Waals surface area contributed by atoms with E-state index in [0.717, 1.165) is 42.9 Å². The first-order valence-electron chi connectivity index (χ1n) is 10.2. The third-order valence-electron chi connectivity index (χ3n) is 5.28. The van der Waals surface area contributed by atoms with Crippen LogP contribution in [0.2, 0.25) is 10.0 Å². The molecule has 33 heavy (non-hydrogen) atoms. The van der Waals surface area contributed by atoms with Crippen LogP contribution in [-0.4, -0.2) is 54.8 Å². The number of hydrogen-bond donors (Lipinski definition) is 3. The van der Waals surface area contributed by atoms with Crippen molar-refractivity contribution in [3.63, 3.8) is 0 Å². The van der Waals surface area contributed by atoms with E-state index in [2.05, 4.69) is 30.1 Å². The molecule has 3 heterocycles. The fraction of sp³-hybridized carbons (Fsp3) is 0.190. The molecule has 0 unspecified atom stereocenters. The number of sulfonamides is 1. The lowest BCUT2D eigenvalue weighted by Crippen LogP contribution is -2.44. The average molecular weight is 504 g/mol. The van der Waals surface area contributed by atoms with E-state index in [9.17, 15) is 8.42 Å². The number of nitrogens with zero attached hydrogens (tertiary/aromatic N) is 4. The van der Waals surface area contributed by atoms with Crippen molar-refractivity contribution < 1.29 is 8.42 Å². The average Bonchev–Trinajstić information content (AvgIpc) is 3.29. The molecule has 1 fully saturated rings. The summed E-state index contributed by atoms with van der Waals surface area (Å²) in [6, 6.07) is 11.1. The van der Waals surface area contributed by atoms with Gasteiger partial charge in [0.1, 0.15) is 10.7 Å². The third-order valence-corrected chi connectivity index (χ3v) is 7.38. The topological polar surface area (TPSA) is 116 Å². The molecule has 0 saturated carbocycles. The Labute approximate surface area is 200 Å². The maximum atomic E-state index is 12.8. The second kappa shape index (κ2) is 8.79. The van der Waals surface area contributed by atoms with E-state index < -0.39 is 10.0 Å². The summed E-state index contributed by atoms with van der Waals surface area (Å²) in [6.07, 6.45) is 1.73. The molecule has 1 saturated heterocycles.